The van der Waals surface area contributed by atoms with Gasteiger partial charge in [0.25, 0.3) is 0 Å². The molecule has 0 saturated carbocycles. The van der Waals surface area contributed by atoms with Crippen LogP contribution in [0.2, 0.25) is 0 Å². The molecule has 29 heavy (non-hydrogen) atoms. The molecule has 1 aliphatic rings. The molecule has 2 aromatic rings. The van der Waals surface area contributed by atoms with Crippen molar-refractivity contribution in [2.24, 2.45) is 5.92 Å². The van der Waals surface area contributed by atoms with E-state index in [9.17, 15) is 4.79 Å². The number of hydrogen-bond acceptors (Lipinski definition) is 4. The lowest BCUT2D eigenvalue weighted by atomic mass is 9.99. The number of aryl methyl sites for hydroxylation is 2. The van der Waals surface area contributed by atoms with Gasteiger partial charge in [-0.1, -0.05) is 19.9 Å². The second-order valence-corrected chi connectivity index (χ2v) is 8.52. The Morgan fingerprint density at radius 1 is 1.10 bits per heavy atom. The molecule has 1 aliphatic heterocycles. The van der Waals surface area contributed by atoms with E-state index in [1.54, 1.807) is 0 Å². The summed E-state index contributed by atoms with van der Waals surface area (Å²) in [4.78, 5) is 19.1. The molecule has 2 heterocycles. The third-order valence-electron chi connectivity index (χ3n) is 5.23. The van der Waals surface area contributed by atoms with E-state index in [1.807, 2.05) is 27.7 Å². The van der Waals surface area contributed by atoms with E-state index in [4.69, 9.17) is 4.74 Å². The zero-order valence-electron chi connectivity index (χ0n) is 18.5. The van der Waals surface area contributed by atoms with Crippen molar-refractivity contribution < 1.29 is 9.53 Å². The second-order valence-electron chi connectivity index (χ2n) is 8.52. The number of amides is 1. The summed E-state index contributed by atoms with van der Waals surface area (Å²) in [6.07, 6.45) is 0.365. The van der Waals surface area contributed by atoms with E-state index in [-0.39, 0.29) is 24.0 Å². The lowest BCUT2D eigenvalue weighted by molar-refractivity contribution is -0.124. The Balaban J connectivity index is 1.97. The molecule has 1 aromatic heterocycles. The van der Waals surface area contributed by atoms with Crippen molar-refractivity contribution in [3.8, 4) is 11.1 Å². The SMILES string of the molecule is Cc1cc(-c2ccc(N3CC(C)OC(C)C3)c(CNC(=O)C(C)C)c2)cc(C)n1. The predicted octanol–water partition coefficient (Wildman–Crippen LogP) is 4.25. The van der Waals surface area contributed by atoms with Crippen molar-refractivity contribution in [3.63, 3.8) is 0 Å². The van der Waals surface area contributed by atoms with E-state index >= 15 is 0 Å². The maximum atomic E-state index is 12.2. The Morgan fingerprint density at radius 2 is 1.72 bits per heavy atom. The molecule has 2 atom stereocenters. The maximum Gasteiger partial charge on any atom is 0.222 e. The van der Waals surface area contributed by atoms with Gasteiger partial charge in [-0.05, 0) is 68.7 Å². The first-order chi connectivity index (χ1) is 13.7. The number of benzene rings is 1. The number of rotatable bonds is 5. The Bertz CT molecular complexity index is 848. The third-order valence-corrected chi connectivity index (χ3v) is 5.23. The van der Waals surface area contributed by atoms with Gasteiger partial charge in [-0.3, -0.25) is 9.78 Å². The van der Waals surface area contributed by atoms with E-state index in [0.717, 1.165) is 41.2 Å². The van der Waals surface area contributed by atoms with Gasteiger partial charge in [-0.15, -0.1) is 0 Å². The lowest BCUT2D eigenvalue weighted by Gasteiger charge is -2.38. The summed E-state index contributed by atoms with van der Waals surface area (Å²) in [5.74, 6) is 0.0382. The molecule has 0 aliphatic carbocycles. The summed E-state index contributed by atoms with van der Waals surface area (Å²) >= 11 is 0. The monoisotopic (exact) mass is 395 g/mol. The van der Waals surface area contributed by atoms with Crippen LogP contribution in [0.5, 0.6) is 0 Å². The first-order valence-electron chi connectivity index (χ1n) is 10.5. The quantitative estimate of drug-likeness (QED) is 0.822. The van der Waals surface area contributed by atoms with Crippen molar-refractivity contribution in [1.29, 1.82) is 0 Å². The molecule has 0 spiro atoms. The molecule has 0 bridgehead atoms. The van der Waals surface area contributed by atoms with Gasteiger partial charge >= 0.3 is 0 Å². The Hall–Kier alpha value is -2.40. The zero-order valence-corrected chi connectivity index (χ0v) is 18.5. The van der Waals surface area contributed by atoms with Crippen LogP contribution in [-0.2, 0) is 16.1 Å². The number of pyridine rings is 1. The number of morpholine rings is 1. The van der Waals surface area contributed by atoms with Gasteiger partial charge in [-0.2, -0.15) is 0 Å². The highest BCUT2D eigenvalue weighted by atomic mass is 16.5. The first-order valence-corrected chi connectivity index (χ1v) is 10.5. The third kappa shape index (κ3) is 5.36. The van der Waals surface area contributed by atoms with Crippen LogP contribution in [0.1, 0.15) is 44.6 Å². The minimum Gasteiger partial charge on any atom is -0.372 e. The number of carbonyl (C=O) groups is 1. The van der Waals surface area contributed by atoms with Crippen LogP contribution < -0.4 is 10.2 Å². The van der Waals surface area contributed by atoms with Crippen molar-refractivity contribution in [1.82, 2.24) is 10.3 Å². The fourth-order valence-corrected chi connectivity index (χ4v) is 3.98. The number of ether oxygens (including phenoxy) is 1. The second kappa shape index (κ2) is 8.95. The molecule has 0 radical (unpaired) electrons. The Kier molecular flexibility index (Phi) is 6.58. The summed E-state index contributed by atoms with van der Waals surface area (Å²) in [6, 6.07) is 10.8. The first kappa shape index (κ1) is 21.3. The van der Waals surface area contributed by atoms with Crippen LogP contribution in [-0.4, -0.2) is 36.2 Å². The molecule has 5 nitrogen and oxygen atoms in total. The van der Waals surface area contributed by atoms with Crippen LogP contribution in [0.3, 0.4) is 0 Å². The molecular formula is C24H33N3O2. The number of anilines is 1. The van der Waals surface area contributed by atoms with Gasteiger partial charge in [0.05, 0.1) is 12.2 Å². The van der Waals surface area contributed by atoms with Crippen LogP contribution >= 0.6 is 0 Å². The molecule has 1 amide bonds. The normalized spacial score (nSPS) is 19.5. The van der Waals surface area contributed by atoms with Crippen molar-refractivity contribution in [3.05, 3.63) is 47.3 Å². The molecule has 1 fully saturated rings. The Labute approximate surface area is 174 Å². The summed E-state index contributed by atoms with van der Waals surface area (Å²) in [6.45, 7) is 14.3. The van der Waals surface area contributed by atoms with Crippen molar-refractivity contribution in [2.45, 2.75) is 60.3 Å². The number of nitrogens with one attached hydrogen (secondary N) is 1. The molecular weight excluding hydrogens is 362 g/mol. The van der Waals surface area contributed by atoms with Gasteiger partial charge in [-0.25, -0.2) is 0 Å². The molecule has 2 unspecified atom stereocenters. The molecule has 1 saturated heterocycles. The summed E-state index contributed by atoms with van der Waals surface area (Å²) in [7, 11) is 0. The maximum absolute atomic E-state index is 12.2. The highest BCUT2D eigenvalue weighted by Gasteiger charge is 2.24. The van der Waals surface area contributed by atoms with E-state index in [2.05, 4.69) is 59.4 Å². The summed E-state index contributed by atoms with van der Waals surface area (Å²) in [5.41, 5.74) is 6.61. The van der Waals surface area contributed by atoms with Crippen LogP contribution in [0, 0.1) is 19.8 Å². The van der Waals surface area contributed by atoms with E-state index in [0.29, 0.717) is 6.54 Å². The van der Waals surface area contributed by atoms with Gasteiger partial charge in [0.1, 0.15) is 0 Å². The number of hydrogen-bond donors (Lipinski definition) is 1. The van der Waals surface area contributed by atoms with Crippen LogP contribution in [0.25, 0.3) is 11.1 Å². The van der Waals surface area contributed by atoms with Gasteiger partial charge in [0, 0.05) is 42.6 Å². The van der Waals surface area contributed by atoms with Gasteiger partial charge in [0.15, 0.2) is 0 Å². The molecule has 3 rings (SSSR count). The topological polar surface area (TPSA) is 54.5 Å². The summed E-state index contributed by atoms with van der Waals surface area (Å²) < 4.78 is 5.91. The Morgan fingerprint density at radius 3 is 2.31 bits per heavy atom. The van der Waals surface area contributed by atoms with Gasteiger partial charge < -0.3 is 15.0 Å². The van der Waals surface area contributed by atoms with Crippen molar-refractivity contribution in [2.75, 3.05) is 18.0 Å². The molecule has 1 aromatic carbocycles. The smallest absolute Gasteiger partial charge is 0.222 e. The molecule has 1 N–H and O–H groups in total. The van der Waals surface area contributed by atoms with E-state index in [1.165, 1.54) is 5.69 Å². The van der Waals surface area contributed by atoms with Crippen LogP contribution in [0.15, 0.2) is 30.3 Å². The van der Waals surface area contributed by atoms with Crippen molar-refractivity contribution >= 4 is 11.6 Å². The fraction of sp³-hybridized carbons (Fsp3) is 0.500. The highest BCUT2D eigenvalue weighted by molar-refractivity contribution is 5.78. The van der Waals surface area contributed by atoms with Crippen LogP contribution in [0.4, 0.5) is 5.69 Å². The lowest BCUT2D eigenvalue weighted by Crippen LogP contribution is -2.46. The number of nitrogens with zero attached hydrogens (tertiary/aromatic N) is 2. The standard InChI is InChI=1S/C24H33N3O2/c1-15(2)24(28)25-12-22-11-20(21-9-16(3)26-17(4)10-21)7-8-23(22)27-13-18(5)29-19(6)14-27/h7-11,15,18-19H,12-14H2,1-6H3,(H,25,28). The minimum atomic E-state index is -0.0319. The average Bonchev–Trinajstić information content (AvgIpc) is 2.64. The number of carbonyl (C=O) groups excluding carboxylic acids is 1. The average molecular weight is 396 g/mol. The minimum absolute atomic E-state index is 0.0319. The number of aromatic nitrogens is 1. The summed E-state index contributed by atoms with van der Waals surface area (Å²) in [5, 5.41) is 3.09. The highest BCUT2D eigenvalue weighted by Crippen LogP contribution is 2.30. The van der Waals surface area contributed by atoms with E-state index < -0.39 is 0 Å². The fourth-order valence-electron chi connectivity index (χ4n) is 3.98. The van der Waals surface area contributed by atoms with Gasteiger partial charge in [0.2, 0.25) is 5.91 Å². The largest absolute Gasteiger partial charge is 0.372 e. The molecule has 156 valence electrons. The molecule has 5 heteroatoms. The zero-order chi connectivity index (χ0) is 21.1. The predicted molar refractivity (Wildman–Crippen MR) is 118 cm³/mol.